The lowest BCUT2D eigenvalue weighted by molar-refractivity contribution is -0.121. The van der Waals surface area contributed by atoms with E-state index in [1.807, 2.05) is 55.8 Å². The molecule has 31 heavy (non-hydrogen) atoms. The maximum Gasteiger partial charge on any atom is 0.256 e. The SMILES string of the molecule is Cc1cccc(N2C(=O)CC(Nc3c(C)nn(Cc4ccc(Cl)c(Cl)c4)c3C)C2=O)c1. The number of aromatic nitrogens is 2. The molecule has 1 aromatic heterocycles. The van der Waals surface area contributed by atoms with Crippen LogP contribution in [0.25, 0.3) is 0 Å². The minimum absolute atomic E-state index is 0.101. The Morgan fingerprint density at radius 2 is 1.84 bits per heavy atom. The molecule has 1 aliphatic heterocycles. The van der Waals surface area contributed by atoms with Crippen molar-refractivity contribution in [3.63, 3.8) is 0 Å². The van der Waals surface area contributed by atoms with Gasteiger partial charge in [-0.15, -0.1) is 0 Å². The molecule has 2 aromatic carbocycles. The fourth-order valence-electron chi connectivity index (χ4n) is 3.83. The Morgan fingerprint density at radius 1 is 1.06 bits per heavy atom. The molecule has 0 radical (unpaired) electrons. The van der Waals surface area contributed by atoms with Crippen molar-refractivity contribution in [1.82, 2.24) is 9.78 Å². The molecule has 1 atom stereocenters. The van der Waals surface area contributed by atoms with Crippen LogP contribution >= 0.6 is 23.2 Å². The molecule has 2 amide bonds. The summed E-state index contributed by atoms with van der Waals surface area (Å²) >= 11 is 12.1. The third-order valence-electron chi connectivity index (χ3n) is 5.42. The van der Waals surface area contributed by atoms with Crippen molar-refractivity contribution in [1.29, 1.82) is 0 Å². The van der Waals surface area contributed by atoms with Gasteiger partial charge in [-0.3, -0.25) is 14.3 Å². The van der Waals surface area contributed by atoms with Gasteiger partial charge in [-0.25, -0.2) is 4.90 Å². The van der Waals surface area contributed by atoms with E-state index in [1.54, 1.807) is 12.1 Å². The predicted molar refractivity (Wildman–Crippen MR) is 123 cm³/mol. The van der Waals surface area contributed by atoms with E-state index in [4.69, 9.17) is 23.2 Å². The topological polar surface area (TPSA) is 67.2 Å². The number of nitrogens with one attached hydrogen (secondary N) is 1. The van der Waals surface area contributed by atoms with Crippen LogP contribution in [-0.2, 0) is 16.1 Å². The summed E-state index contributed by atoms with van der Waals surface area (Å²) in [4.78, 5) is 26.9. The van der Waals surface area contributed by atoms with Gasteiger partial charge in [0.15, 0.2) is 0 Å². The zero-order valence-electron chi connectivity index (χ0n) is 17.4. The van der Waals surface area contributed by atoms with Crippen molar-refractivity contribution in [3.05, 3.63) is 75.0 Å². The highest BCUT2D eigenvalue weighted by Gasteiger charge is 2.40. The van der Waals surface area contributed by atoms with E-state index in [-0.39, 0.29) is 18.2 Å². The smallest absolute Gasteiger partial charge is 0.256 e. The summed E-state index contributed by atoms with van der Waals surface area (Å²) in [5, 5.41) is 8.85. The highest BCUT2D eigenvalue weighted by Crippen LogP contribution is 2.29. The molecule has 1 unspecified atom stereocenters. The molecule has 1 fully saturated rings. The molecule has 4 rings (SSSR count). The van der Waals surface area contributed by atoms with Gasteiger partial charge in [0, 0.05) is 0 Å². The Bertz CT molecular complexity index is 1190. The second-order valence-electron chi connectivity index (χ2n) is 7.76. The molecule has 6 nitrogen and oxygen atoms in total. The van der Waals surface area contributed by atoms with Crippen molar-refractivity contribution in [2.45, 2.75) is 39.8 Å². The largest absolute Gasteiger partial charge is 0.370 e. The van der Waals surface area contributed by atoms with Crippen LogP contribution in [0.15, 0.2) is 42.5 Å². The number of hydrogen-bond acceptors (Lipinski definition) is 4. The molecule has 1 N–H and O–H groups in total. The van der Waals surface area contributed by atoms with Gasteiger partial charge in [-0.05, 0) is 56.2 Å². The lowest BCUT2D eigenvalue weighted by Gasteiger charge is -2.17. The van der Waals surface area contributed by atoms with Gasteiger partial charge < -0.3 is 5.32 Å². The molecule has 0 aliphatic carbocycles. The van der Waals surface area contributed by atoms with E-state index in [0.717, 1.165) is 28.2 Å². The summed E-state index contributed by atoms with van der Waals surface area (Å²) in [5.74, 6) is -0.474. The van der Waals surface area contributed by atoms with Gasteiger partial charge >= 0.3 is 0 Å². The van der Waals surface area contributed by atoms with Gasteiger partial charge in [-0.2, -0.15) is 5.10 Å². The zero-order valence-corrected chi connectivity index (χ0v) is 19.0. The first kappa shape index (κ1) is 21.4. The maximum atomic E-state index is 13.0. The predicted octanol–water partition coefficient (Wildman–Crippen LogP) is 4.91. The van der Waals surface area contributed by atoms with Crippen molar-refractivity contribution in [2.24, 2.45) is 0 Å². The van der Waals surface area contributed by atoms with Crippen molar-refractivity contribution >= 4 is 46.4 Å². The van der Waals surface area contributed by atoms with Crippen LogP contribution in [0.5, 0.6) is 0 Å². The van der Waals surface area contributed by atoms with Gasteiger partial charge in [-0.1, -0.05) is 41.4 Å². The quantitative estimate of drug-likeness (QED) is 0.553. The number of aryl methyl sites for hydroxylation is 2. The van der Waals surface area contributed by atoms with E-state index < -0.39 is 6.04 Å². The van der Waals surface area contributed by atoms with Crippen LogP contribution in [0.4, 0.5) is 11.4 Å². The van der Waals surface area contributed by atoms with Crippen LogP contribution < -0.4 is 10.2 Å². The fourth-order valence-corrected chi connectivity index (χ4v) is 4.15. The number of imide groups is 1. The summed E-state index contributed by atoms with van der Waals surface area (Å²) in [7, 11) is 0. The van der Waals surface area contributed by atoms with Crippen LogP contribution in [0.3, 0.4) is 0 Å². The number of hydrogen-bond donors (Lipinski definition) is 1. The van der Waals surface area contributed by atoms with Gasteiger partial charge in [0.25, 0.3) is 5.91 Å². The van der Waals surface area contributed by atoms with Crippen molar-refractivity contribution < 1.29 is 9.59 Å². The Labute approximate surface area is 190 Å². The second-order valence-corrected chi connectivity index (χ2v) is 8.57. The van der Waals surface area contributed by atoms with Crippen LogP contribution in [0, 0.1) is 20.8 Å². The maximum absolute atomic E-state index is 13.0. The Balaban J connectivity index is 1.55. The molecule has 160 valence electrons. The lowest BCUT2D eigenvalue weighted by atomic mass is 10.2. The number of carbonyl (C=O) groups excluding carboxylic acids is 2. The monoisotopic (exact) mass is 456 g/mol. The molecule has 0 spiro atoms. The average molecular weight is 457 g/mol. The van der Waals surface area contributed by atoms with Crippen LogP contribution in [0.1, 0.15) is 28.9 Å². The van der Waals surface area contributed by atoms with Gasteiger partial charge in [0.05, 0.1) is 45.8 Å². The normalized spacial score (nSPS) is 16.3. The third-order valence-corrected chi connectivity index (χ3v) is 6.16. The van der Waals surface area contributed by atoms with Crippen LogP contribution in [-0.4, -0.2) is 27.6 Å². The standard InChI is InChI=1S/C23H22Cl2N4O2/c1-13-5-4-6-17(9-13)29-21(30)11-20(23(29)31)26-22-14(2)27-28(15(22)3)12-16-7-8-18(24)19(25)10-16/h4-10,20,26H,11-12H2,1-3H3. The summed E-state index contributed by atoms with van der Waals surface area (Å²) in [6.45, 7) is 6.25. The van der Waals surface area contributed by atoms with E-state index in [0.29, 0.717) is 22.3 Å². The van der Waals surface area contributed by atoms with E-state index in [9.17, 15) is 9.59 Å². The molecule has 2 heterocycles. The van der Waals surface area contributed by atoms with Crippen molar-refractivity contribution in [2.75, 3.05) is 10.2 Å². The van der Waals surface area contributed by atoms with Gasteiger partial charge in [0.1, 0.15) is 6.04 Å². The van der Waals surface area contributed by atoms with Crippen molar-refractivity contribution in [3.8, 4) is 0 Å². The molecule has 0 bridgehead atoms. The second kappa shape index (κ2) is 8.36. The number of carbonyl (C=O) groups is 2. The number of amides is 2. The number of nitrogens with zero attached hydrogens (tertiary/aromatic N) is 3. The first-order chi connectivity index (χ1) is 14.7. The third kappa shape index (κ3) is 4.18. The number of benzene rings is 2. The van der Waals surface area contributed by atoms with Crippen LogP contribution in [0.2, 0.25) is 10.0 Å². The molecular formula is C23H22Cl2N4O2. The number of halogens is 2. The highest BCUT2D eigenvalue weighted by molar-refractivity contribution is 6.42. The summed E-state index contributed by atoms with van der Waals surface area (Å²) < 4.78 is 1.84. The minimum Gasteiger partial charge on any atom is -0.370 e. The summed E-state index contributed by atoms with van der Waals surface area (Å²) in [6.07, 6.45) is 0.101. The fraction of sp³-hybridized carbons (Fsp3) is 0.261. The molecule has 0 saturated carbocycles. The summed E-state index contributed by atoms with van der Waals surface area (Å²) in [6, 6.07) is 12.2. The molecule has 3 aromatic rings. The molecule has 1 aliphatic rings. The zero-order chi connectivity index (χ0) is 22.3. The lowest BCUT2D eigenvalue weighted by Crippen LogP contribution is -2.35. The summed E-state index contributed by atoms with van der Waals surface area (Å²) in [5.41, 5.74) is 4.94. The Kier molecular flexibility index (Phi) is 5.77. The molecule has 1 saturated heterocycles. The first-order valence-corrected chi connectivity index (χ1v) is 10.7. The van der Waals surface area contributed by atoms with E-state index in [2.05, 4.69) is 10.4 Å². The highest BCUT2D eigenvalue weighted by atomic mass is 35.5. The van der Waals surface area contributed by atoms with E-state index >= 15 is 0 Å². The Morgan fingerprint density at radius 3 is 2.55 bits per heavy atom. The van der Waals surface area contributed by atoms with E-state index in [1.165, 1.54) is 4.90 Å². The molecular weight excluding hydrogens is 435 g/mol. The number of rotatable bonds is 5. The minimum atomic E-state index is -0.631. The Hall–Kier alpha value is -2.83. The molecule has 8 heteroatoms. The first-order valence-electron chi connectivity index (χ1n) is 9.92. The van der Waals surface area contributed by atoms with Gasteiger partial charge in [0.2, 0.25) is 5.91 Å². The average Bonchev–Trinajstić information content (AvgIpc) is 3.14. The number of anilines is 2.